The number of benzene rings is 1. The molecule has 1 heterocycles. The molecule has 0 saturated carbocycles. The van der Waals surface area contributed by atoms with E-state index in [1.54, 1.807) is 0 Å². The van der Waals surface area contributed by atoms with Gasteiger partial charge in [0.2, 0.25) is 0 Å². The van der Waals surface area contributed by atoms with Crippen LogP contribution in [0, 0.1) is 0 Å². The summed E-state index contributed by atoms with van der Waals surface area (Å²) in [7, 11) is 0. The van der Waals surface area contributed by atoms with Gasteiger partial charge in [0, 0.05) is 12.1 Å². The molecule has 0 radical (unpaired) electrons. The second-order valence-electron chi connectivity index (χ2n) is 3.86. The molecule has 1 aromatic rings. The Kier molecular flexibility index (Phi) is 3.19. The predicted octanol–water partition coefficient (Wildman–Crippen LogP) is 1.91. The first-order valence-electron chi connectivity index (χ1n) is 5.29. The van der Waals surface area contributed by atoms with E-state index in [4.69, 9.17) is 17.3 Å². The molecule has 0 bridgehead atoms. The lowest BCUT2D eigenvalue weighted by Crippen LogP contribution is -2.39. The molecule has 1 aliphatic rings. The summed E-state index contributed by atoms with van der Waals surface area (Å²) in [6.07, 6.45) is 1.58. The van der Waals surface area contributed by atoms with Crippen molar-refractivity contribution >= 4 is 23.2 Å². The van der Waals surface area contributed by atoms with Crippen molar-refractivity contribution in [1.82, 2.24) is 4.90 Å². The van der Waals surface area contributed by atoms with Gasteiger partial charge in [-0.2, -0.15) is 0 Å². The average molecular weight is 235 g/mol. The topological polar surface area (TPSA) is 40.5 Å². The molecule has 1 unspecified atom stereocenters. The Morgan fingerprint density at radius 3 is 2.69 bits per heavy atom. The summed E-state index contributed by atoms with van der Waals surface area (Å²) < 4.78 is 0. The summed E-state index contributed by atoms with van der Waals surface area (Å²) in [5.74, 6) is -0.782. The van der Waals surface area contributed by atoms with Gasteiger partial charge in [-0.15, -0.1) is 0 Å². The number of hydrogen-bond donors (Lipinski definition) is 1. The summed E-state index contributed by atoms with van der Waals surface area (Å²) in [6, 6.07) is 9.12. The van der Waals surface area contributed by atoms with E-state index in [1.807, 2.05) is 35.2 Å². The Bertz CT molecular complexity index is 405. The van der Waals surface area contributed by atoms with E-state index >= 15 is 0 Å². The quantitative estimate of drug-likeness (QED) is 0.795. The average Bonchev–Trinajstić information content (AvgIpc) is 2.78. The van der Waals surface area contributed by atoms with Gasteiger partial charge < -0.3 is 10.0 Å². The van der Waals surface area contributed by atoms with Gasteiger partial charge >= 0.3 is 5.97 Å². The van der Waals surface area contributed by atoms with Crippen molar-refractivity contribution in [3.05, 3.63) is 35.9 Å². The Hall–Kier alpha value is -1.42. The molecule has 1 saturated heterocycles. The first kappa shape index (κ1) is 11.1. The van der Waals surface area contributed by atoms with Crippen molar-refractivity contribution in [3.63, 3.8) is 0 Å². The van der Waals surface area contributed by atoms with Crippen LogP contribution in [0.1, 0.15) is 18.4 Å². The van der Waals surface area contributed by atoms with E-state index in [9.17, 15) is 4.79 Å². The van der Waals surface area contributed by atoms with Gasteiger partial charge in [0.15, 0.2) is 0 Å². The molecular weight excluding hydrogens is 222 g/mol. The number of aliphatic carboxylic acids is 1. The normalized spacial score (nSPS) is 19.8. The van der Waals surface area contributed by atoms with Crippen molar-refractivity contribution in [1.29, 1.82) is 0 Å². The monoisotopic (exact) mass is 235 g/mol. The molecule has 16 heavy (non-hydrogen) atoms. The van der Waals surface area contributed by atoms with Crippen LogP contribution in [0.2, 0.25) is 0 Å². The summed E-state index contributed by atoms with van der Waals surface area (Å²) in [4.78, 5) is 13.5. The molecule has 1 fully saturated rings. The maximum Gasteiger partial charge on any atom is 0.326 e. The smallest absolute Gasteiger partial charge is 0.326 e. The number of carboxylic acid groups (broad SMARTS) is 1. The summed E-state index contributed by atoms with van der Waals surface area (Å²) in [5, 5.41) is 9.08. The SMILES string of the molecule is O=C(O)C1CCCN1C(=S)c1ccccc1. The van der Waals surface area contributed by atoms with Crippen LogP contribution in [-0.4, -0.2) is 33.6 Å². The lowest BCUT2D eigenvalue weighted by atomic mass is 10.2. The predicted molar refractivity (Wildman–Crippen MR) is 65.5 cm³/mol. The van der Waals surface area contributed by atoms with Gasteiger partial charge in [-0.3, -0.25) is 0 Å². The van der Waals surface area contributed by atoms with Crippen LogP contribution >= 0.6 is 12.2 Å². The number of rotatable bonds is 2. The Labute approximate surface area is 99.7 Å². The van der Waals surface area contributed by atoms with E-state index < -0.39 is 12.0 Å². The van der Waals surface area contributed by atoms with Crippen LogP contribution in [0.4, 0.5) is 0 Å². The molecule has 84 valence electrons. The summed E-state index contributed by atoms with van der Waals surface area (Å²) in [5.41, 5.74) is 0.922. The van der Waals surface area contributed by atoms with E-state index in [0.717, 1.165) is 18.5 Å². The van der Waals surface area contributed by atoms with Crippen molar-refractivity contribution in [2.45, 2.75) is 18.9 Å². The van der Waals surface area contributed by atoms with Crippen molar-refractivity contribution < 1.29 is 9.90 Å². The molecule has 1 aliphatic heterocycles. The summed E-state index contributed by atoms with van der Waals surface area (Å²) in [6.45, 7) is 0.741. The molecular formula is C12H13NO2S. The maximum atomic E-state index is 11.0. The maximum absolute atomic E-state index is 11.0. The van der Waals surface area contributed by atoms with Gasteiger partial charge in [-0.1, -0.05) is 42.5 Å². The van der Waals surface area contributed by atoms with Gasteiger partial charge in [0.1, 0.15) is 11.0 Å². The molecule has 0 amide bonds. The molecule has 1 atom stereocenters. The number of likely N-dealkylation sites (tertiary alicyclic amines) is 1. The number of nitrogens with zero attached hydrogens (tertiary/aromatic N) is 1. The minimum Gasteiger partial charge on any atom is -0.480 e. The minimum atomic E-state index is -0.782. The van der Waals surface area contributed by atoms with Crippen molar-refractivity contribution in [3.8, 4) is 0 Å². The fraction of sp³-hybridized carbons (Fsp3) is 0.333. The highest BCUT2D eigenvalue weighted by Gasteiger charge is 2.32. The van der Waals surface area contributed by atoms with E-state index in [-0.39, 0.29) is 0 Å². The van der Waals surface area contributed by atoms with Crippen LogP contribution in [-0.2, 0) is 4.79 Å². The highest BCUT2D eigenvalue weighted by atomic mass is 32.1. The molecule has 4 heteroatoms. The number of hydrogen-bond acceptors (Lipinski definition) is 2. The number of carboxylic acids is 1. The van der Waals surface area contributed by atoms with Gasteiger partial charge in [-0.05, 0) is 12.8 Å². The zero-order chi connectivity index (χ0) is 11.5. The minimum absolute atomic E-state index is 0.451. The Balaban J connectivity index is 2.19. The molecule has 0 aromatic heterocycles. The number of thiocarbonyl (C=S) groups is 1. The van der Waals surface area contributed by atoms with Crippen molar-refractivity contribution in [2.24, 2.45) is 0 Å². The summed E-state index contributed by atoms with van der Waals surface area (Å²) >= 11 is 5.34. The highest BCUT2D eigenvalue weighted by Crippen LogP contribution is 2.20. The van der Waals surface area contributed by atoms with Gasteiger partial charge in [0.25, 0.3) is 0 Å². The largest absolute Gasteiger partial charge is 0.480 e. The third kappa shape index (κ3) is 2.07. The van der Waals surface area contributed by atoms with Gasteiger partial charge in [-0.25, -0.2) is 4.79 Å². The van der Waals surface area contributed by atoms with Crippen LogP contribution in [0.25, 0.3) is 0 Å². The van der Waals surface area contributed by atoms with E-state index in [1.165, 1.54) is 0 Å². The van der Waals surface area contributed by atoms with E-state index in [2.05, 4.69) is 0 Å². The van der Waals surface area contributed by atoms with Crippen LogP contribution in [0.5, 0.6) is 0 Å². The van der Waals surface area contributed by atoms with E-state index in [0.29, 0.717) is 11.4 Å². The second kappa shape index (κ2) is 4.61. The highest BCUT2D eigenvalue weighted by molar-refractivity contribution is 7.80. The first-order chi connectivity index (χ1) is 7.70. The van der Waals surface area contributed by atoms with Crippen LogP contribution < -0.4 is 0 Å². The van der Waals surface area contributed by atoms with Crippen LogP contribution in [0.3, 0.4) is 0 Å². The molecule has 1 aromatic carbocycles. The lowest BCUT2D eigenvalue weighted by Gasteiger charge is -2.24. The zero-order valence-corrected chi connectivity index (χ0v) is 9.61. The second-order valence-corrected chi connectivity index (χ2v) is 4.25. The van der Waals surface area contributed by atoms with Crippen molar-refractivity contribution in [2.75, 3.05) is 6.54 Å². The standard InChI is InChI=1S/C12H13NO2S/c14-12(15)10-7-4-8-13(10)11(16)9-5-2-1-3-6-9/h1-3,5-6,10H,4,7-8H2,(H,14,15). The molecule has 0 spiro atoms. The Morgan fingerprint density at radius 1 is 1.38 bits per heavy atom. The fourth-order valence-corrected chi connectivity index (χ4v) is 2.37. The lowest BCUT2D eigenvalue weighted by molar-refractivity contribution is -0.140. The van der Waals surface area contributed by atoms with Gasteiger partial charge in [0.05, 0.1) is 0 Å². The molecule has 0 aliphatic carbocycles. The molecule has 2 rings (SSSR count). The number of carbonyl (C=O) groups is 1. The molecule has 3 nitrogen and oxygen atoms in total. The third-order valence-electron chi connectivity index (χ3n) is 2.82. The zero-order valence-electron chi connectivity index (χ0n) is 8.80. The van der Waals surface area contributed by atoms with Crippen LogP contribution in [0.15, 0.2) is 30.3 Å². The fourth-order valence-electron chi connectivity index (χ4n) is 2.01. The first-order valence-corrected chi connectivity index (χ1v) is 5.70. The molecule has 1 N–H and O–H groups in total. The Morgan fingerprint density at radius 2 is 2.06 bits per heavy atom. The third-order valence-corrected chi connectivity index (χ3v) is 3.29.